The van der Waals surface area contributed by atoms with Gasteiger partial charge in [0, 0.05) is 18.1 Å². The molecule has 16 heavy (non-hydrogen) atoms. The number of aliphatic hydroxyl groups excluding tert-OH is 1. The zero-order chi connectivity index (χ0) is 11.4. The van der Waals surface area contributed by atoms with Gasteiger partial charge in [-0.2, -0.15) is 0 Å². The number of nitrogens with zero attached hydrogens (tertiary/aromatic N) is 3. The number of aromatic nitrogens is 3. The summed E-state index contributed by atoms with van der Waals surface area (Å²) in [6.07, 6.45) is 7.24. The lowest BCUT2D eigenvalue weighted by Gasteiger charge is -2.07. The van der Waals surface area contributed by atoms with Crippen LogP contribution in [-0.2, 0) is 13.0 Å². The van der Waals surface area contributed by atoms with Crippen molar-refractivity contribution in [3.8, 4) is 5.82 Å². The van der Waals surface area contributed by atoms with E-state index in [1.807, 2.05) is 22.9 Å². The van der Waals surface area contributed by atoms with Gasteiger partial charge in [0.25, 0.3) is 0 Å². The van der Waals surface area contributed by atoms with E-state index in [-0.39, 0.29) is 6.61 Å². The van der Waals surface area contributed by atoms with E-state index in [9.17, 15) is 5.11 Å². The molecule has 1 N–H and O–H groups in total. The molecule has 2 aromatic rings. The Kier molecular flexibility index (Phi) is 3.31. The Bertz CT molecular complexity index is 451. The summed E-state index contributed by atoms with van der Waals surface area (Å²) in [6, 6.07) is 3.82. The SMILES string of the molecule is CCCc1cc(CO)cc(-n2ccnc2)n1. The van der Waals surface area contributed by atoms with Crippen molar-refractivity contribution in [3.63, 3.8) is 0 Å². The Balaban J connectivity index is 2.41. The van der Waals surface area contributed by atoms with Crippen molar-refractivity contribution in [2.45, 2.75) is 26.4 Å². The van der Waals surface area contributed by atoms with Crippen LogP contribution in [0.2, 0.25) is 0 Å². The Morgan fingerprint density at radius 1 is 1.38 bits per heavy atom. The third-order valence-electron chi connectivity index (χ3n) is 2.38. The largest absolute Gasteiger partial charge is 0.392 e. The first kappa shape index (κ1) is 10.8. The van der Waals surface area contributed by atoms with Crippen LogP contribution in [0.1, 0.15) is 24.6 Å². The maximum atomic E-state index is 9.20. The number of aliphatic hydroxyl groups is 1. The highest BCUT2D eigenvalue weighted by molar-refractivity contribution is 5.30. The highest BCUT2D eigenvalue weighted by atomic mass is 16.3. The highest BCUT2D eigenvalue weighted by Gasteiger charge is 2.03. The molecule has 0 radical (unpaired) electrons. The van der Waals surface area contributed by atoms with Gasteiger partial charge < -0.3 is 5.11 Å². The van der Waals surface area contributed by atoms with E-state index in [0.717, 1.165) is 29.9 Å². The summed E-state index contributed by atoms with van der Waals surface area (Å²) in [5, 5.41) is 9.20. The van der Waals surface area contributed by atoms with Gasteiger partial charge in [-0.15, -0.1) is 0 Å². The molecule has 0 saturated heterocycles. The summed E-state index contributed by atoms with van der Waals surface area (Å²) in [6.45, 7) is 2.16. The standard InChI is InChI=1S/C12H15N3O/c1-2-3-11-6-10(8-16)7-12(14-11)15-5-4-13-9-15/h4-7,9,16H,2-3,8H2,1H3. The van der Waals surface area contributed by atoms with Crippen LogP contribution >= 0.6 is 0 Å². The summed E-state index contributed by atoms with van der Waals surface area (Å²) in [7, 11) is 0. The molecule has 4 heteroatoms. The van der Waals surface area contributed by atoms with E-state index < -0.39 is 0 Å². The van der Waals surface area contributed by atoms with Gasteiger partial charge in [-0.25, -0.2) is 9.97 Å². The number of imidazole rings is 1. The lowest BCUT2D eigenvalue weighted by atomic mass is 10.1. The molecule has 0 saturated carbocycles. The van der Waals surface area contributed by atoms with E-state index in [1.165, 1.54) is 0 Å². The normalized spacial score (nSPS) is 10.6. The molecular weight excluding hydrogens is 202 g/mol. The topological polar surface area (TPSA) is 50.9 Å². The summed E-state index contributed by atoms with van der Waals surface area (Å²) in [5.74, 6) is 0.813. The average Bonchev–Trinajstić information content (AvgIpc) is 2.82. The van der Waals surface area contributed by atoms with Crippen LogP contribution in [0.5, 0.6) is 0 Å². The molecule has 2 aromatic heterocycles. The molecule has 0 fully saturated rings. The van der Waals surface area contributed by atoms with E-state index in [0.29, 0.717) is 0 Å². The van der Waals surface area contributed by atoms with Crippen LogP contribution in [0, 0.1) is 0 Å². The molecule has 0 aliphatic carbocycles. The molecule has 2 heterocycles. The number of rotatable bonds is 4. The Morgan fingerprint density at radius 3 is 2.88 bits per heavy atom. The van der Waals surface area contributed by atoms with Crippen molar-refractivity contribution in [2.24, 2.45) is 0 Å². The minimum Gasteiger partial charge on any atom is -0.392 e. The molecule has 0 bridgehead atoms. The van der Waals surface area contributed by atoms with Crippen molar-refractivity contribution in [2.75, 3.05) is 0 Å². The van der Waals surface area contributed by atoms with Gasteiger partial charge in [0.2, 0.25) is 0 Å². The van der Waals surface area contributed by atoms with Gasteiger partial charge >= 0.3 is 0 Å². The first-order chi connectivity index (χ1) is 7.83. The van der Waals surface area contributed by atoms with E-state index in [4.69, 9.17) is 0 Å². The van der Waals surface area contributed by atoms with Gasteiger partial charge in [0.15, 0.2) is 0 Å². The van der Waals surface area contributed by atoms with Crippen molar-refractivity contribution < 1.29 is 5.11 Å². The zero-order valence-electron chi connectivity index (χ0n) is 9.30. The van der Waals surface area contributed by atoms with Gasteiger partial charge in [-0.3, -0.25) is 4.57 Å². The molecule has 84 valence electrons. The van der Waals surface area contributed by atoms with E-state index in [2.05, 4.69) is 16.9 Å². The van der Waals surface area contributed by atoms with Gasteiger partial charge in [-0.1, -0.05) is 13.3 Å². The van der Waals surface area contributed by atoms with Crippen molar-refractivity contribution in [3.05, 3.63) is 42.1 Å². The lowest BCUT2D eigenvalue weighted by Crippen LogP contribution is -2.01. The van der Waals surface area contributed by atoms with Gasteiger partial charge in [0.1, 0.15) is 12.1 Å². The maximum absolute atomic E-state index is 9.20. The second kappa shape index (κ2) is 4.90. The van der Waals surface area contributed by atoms with Crippen LogP contribution in [0.25, 0.3) is 5.82 Å². The Hall–Kier alpha value is -1.68. The highest BCUT2D eigenvalue weighted by Crippen LogP contribution is 2.11. The lowest BCUT2D eigenvalue weighted by molar-refractivity contribution is 0.281. The van der Waals surface area contributed by atoms with Crippen LogP contribution in [0.3, 0.4) is 0 Å². The molecule has 0 aliphatic rings. The number of hydrogen-bond acceptors (Lipinski definition) is 3. The predicted octanol–water partition coefficient (Wildman–Crippen LogP) is 1.71. The molecule has 0 aromatic carbocycles. The second-order valence-electron chi connectivity index (χ2n) is 3.70. The van der Waals surface area contributed by atoms with Crippen LogP contribution in [-0.4, -0.2) is 19.6 Å². The van der Waals surface area contributed by atoms with E-state index in [1.54, 1.807) is 12.5 Å². The van der Waals surface area contributed by atoms with Gasteiger partial charge in [0.05, 0.1) is 6.61 Å². The fourth-order valence-electron chi connectivity index (χ4n) is 1.64. The first-order valence-corrected chi connectivity index (χ1v) is 5.42. The summed E-state index contributed by atoms with van der Waals surface area (Å²) >= 11 is 0. The molecule has 0 atom stereocenters. The zero-order valence-corrected chi connectivity index (χ0v) is 9.30. The Morgan fingerprint density at radius 2 is 2.25 bits per heavy atom. The Labute approximate surface area is 94.6 Å². The fraction of sp³-hybridized carbons (Fsp3) is 0.333. The monoisotopic (exact) mass is 217 g/mol. The molecule has 4 nitrogen and oxygen atoms in total. The quantitative estimate of drug-likeness (QED) is 0.848. The minimum absolute atomic E-state index is 0.0426. The molecule has 2 rings (SSSR count). The van der Waals surface area contributed by atoms with E-state index >= 15 is 0 Å². The second-order valence-corrected chi connectivity index (χ2v) is 3.70. The third-order valence-corrected chi connectivity index (χ3v) is 2.38. The van der Waals surface area contributed by atoms with Crippen LogP contribution < -0.4 is 0 Å². The molecular formula is C12H15N3O. The number of hydrogen-bond donors (Lipinski definition) is 1. The smallest absolute Gasteiger partial charge is 0.138 e. The maximum Gasteiger partial charge on any atom is 0.138 e. The molecule has 0 aliphatic heterocycles. The molecule has 0 unspecified atom stereocenters. The van der Waals surface area contributed by atoms with Gasteiger partial charge in [-0.05, 0) is 24.1 Å². The van der Waals surface area contributed by atoms with Crippen molar-refractivity contribution in [1.29, 1.82) is 0 Å². The summed E-state index contributed by atoms with van der Waals surface area (Å²) < 4.78 is 1.85. The fourth-order valence-corrected chi connectivity index (χ4v) is 1.64. The molecule has 0 amide bonds. The number of pyridine rings is 1. The van der Waals surface area contributed by atoms with Crippen molar-refractivity contribution >= 4 is 0 Å². The summed E-state index contributed by atoms with van der Waals surface area (Å²) in [5.41, 5.74) is 1.90. The molecule has 0 spiro atoms. The van der Waals surface area contributed by atoms with Crippen LogP contribution in [0.4, 0.5) is 0 Å². The first-order valence-electron chi connectivity index (χ1n) is 5.42. The van der Waals surface area contributed by atoms with Crippen molar-refractivity contribution in [1.82, 2.24) is 14.5 Å². The predicted molar refractivity (Wildman–Crippen MR) is 61.3 cm³/mol. The summed E-state index contributed by atoms with van der Waals surface area (Å²) in [4.78, 5) is 8.52. The van der Waals surface area contributed by atoms with Crippen LogP contribution in [0.15, 0.2) is 30.9 Å². The number of aryl methyl sites for hydroxylation is 1. The third kappa shape index (κ3) is 2.28. The minimum atomic E-state index is 0.0426. The average molecular weight is 217 g/mol.